The summed E-state index contributed by atoms with van der Waals surface area (Å²) in [5.41, 5.74) is 1.89. The van der Waals surface area contributed by atoms with E-state index in [0.717, 1.165) is 11.1 Å². The highest BCUT2D eigenvalue weighted by Gasteiger charge is 2.16. The molecule has 1 amide bonds. The first-order chi connectivity index (χ1) is 11.8. The number of aromatic nitrogens is 2. The molecule has 1 aromatic carbocycles. The van der Waals surface area contributed by atoms with Crippen molar-refractivity contribution in [2.45, 2.75) is 6.54 Å². The highest BCUT2D eigenvalue weighted by Crippen LogP contribution is 2.32. The number of carbonyl (C=O) groups is 1. The number of hydrogen-bond acceptors (Lipinski definition) is 6. The minimum Gasteiger partial charge on any atom is -0.454 e. The second kappa shape index (κ2) is 6.04. The van der Waals surface area contributed by atoms with Gasteiger partial charge in [0.1, 0.15) is 0 Å². The predicted molar refractivity (Wildman–Crippen MR) is 83.5 cm³/mol. The van der Waals surface area contributed by atoms with Crippen molar-refractivity contribution >= 4 is 5.91 Å². The number of hydrogen-bond donors (Lipinski definition) is 1. The molecule has 0 atom stereocenters. The van der Waals surface area contributed by atoms with Crippen LogP contribution in [0.1, 0.15) is 16.1 Å². The van der Waals surface area contributed by atoms with Crippen molar-refractivity contribution in [3.8, 4) is 22.8 Å². The number of nitrogens with one attached hydrogen (secondary N) is 1. The molecule has 7 heteroatoms. The van der Waals surface area contributed by atoms with E-state index in [1.54, 1.807) is 24.5 Å². The van der Waals surface area contributed by atoms with E-state index >= 15 is 0 Å². The number of carbonyl (C=O) groups excluding carboxylic acids is 1. The van der Waals surface area contributed by atoms with E-state index < -0.39 is 0 Å². The maximum atomic E-state index is 12.2. The SMILES string of the molecule is O=C(NCc1ccc2c(c1)OCO2)c1cc(-c2cccnc2)on1. The molecule has 1 aliphatic rings. The lowest BCUT2D eigenvalue weighted by molar-refractivity contribution is 0.0942. The van der Waals surface area contributed by atoms with Crippen molar-refractivity contribution in [3.05, 3.63) is 60.0 Å². The number of fused-ring (bicyclic) bond motifs is 1. The molecule has 4 rings (SSSR count). The molecular weight excluding hydrogens is 310 g/mol. The van der Waals surface area contributed by atoms with Crippen molar-refractivity contribution in [2.75, 3.05) is 6.79 Å². The topological polar surface area (TPSA) is 86.5 Å². The fourth-order valence-corrected chi connectivity index (χ4v) is 2.35. The molecule has 0 aliphatic carbocycles. The molecule has 3 aromatic rings. The average Bonchev–Trinajstić information content (AvgIpc) is 3.29. The summed E-state index contributed by atoms with van der Waals surface area (Å²) in [6, 6.07) is 10.7. The number of pyridine rings is 1. The summed E-state index contributed by atoms with van der Waals surface area (Å²) in [4.78, 5) is 16.2. The minimum atomic E-state index is -0.313. The van der Waals surface area contributed by atoms with Crippen LogP contribution < -0.4 is 14.8 Å². The molecule has 0 bridgehead atoms. The normalized spacial score (nSPS) is 12.2. The van der Waals surface area contributed by atoms with E-state index in [9.17, 15) is 4.79 Å². The van der Waals surface area contributed by atoms with Gasteiger partial charge < -0.3 is 19.3 Å². The maximum Gasteiger partial charge on any atom is 0.273 e. The molecule has 0 saturated heterocycles. The Balaban J connectivity index is 1.42. The third kappa shape index (κ3) is 2.79. The molecule has 0 unspecified atom stereocenters. The molecule has 120 valence electrons. The van der Waals surface area contributed by atoms with Gasteiger partial charge in [0.05, 0.1) is 0 Å². The molecule has 0 spiro atoms. The molecule has 0 radical (unpaired) electrons. The van der Waals surface area contributed by atoms with Gasteiger partial charge >= 0.3 is 0 Å². The van der Waals surface area contributed by atoms with Crippen molar-refractivity contribution in [1.29, 1.82) is 0 Å². The molecule has 1 N–H and O–H groups in total. The second-order valence-electron chi connectivity index (χ2n) is 5.19. The van der Waals surface area contributed by atoms with Gasteiger partial charge in [0.15, 0.2) is 23.0 Å². The van der Waals surface area contributed by atoms with E-state index in [0.29, 0.717) is 23.8 Å². The summed E-state index contributed by atoms with van der Waals surface area (Å²) in [5, 5.41) is 6.60. The van der Waals surface area contributed by atoms with E-state index in [4.69, 9.17) is 14.0 Å². The Morgan fingerprint density at radius 3 is 2.96 bits per heavy atom. The molecule has 7 nitrogen and oxygen atoms in total. The third-order valence-corrected chi connectivity index (χ3v) is 3.58. The first-order valence-electron chi connectivity index (χ1n) is 7.33. The standard InChI is InChI=1S/C17H13N3O4/c21-17(13-7-15(24-20-13)12-2-1-5-18-9-12)19-8-11-3-4-14-16(6-11)23-10-22-14/h1-7,9H,8,10H2,(H,19,21). The lowest BCUT2D eigenvalue weighted by Gasteiger charge is -2.04. The van der Waals surface area contributed by atoms with Crippen molar-refractivity contribution in [2.24, 2.45) is 0 Å². The molecule has 0 fully saturated rings. The second-order valence-corrected chi connectivity index (χ2v) is 5.19. The largest absolute Gasteiger partial charge is 0.454 e. The fourth-order valence-electron chi connectivity index (χ4n) is 2.35. The Morgan fingerprint density at radius 2 is 2.08 bits per heavy atom. The molecule has 2 aromatic heterocycles. The van der Waals surface area contributed by atoms with Gasteiger partial charge in [0.2, 0.25) is 6.79 Å². The van der Waals surface area contributed by atoms with E-state index in [2.05, 4.69) is 15.5 Å². The zero-order valence-corrected chi connectivity index (χ0v) is 12.6. The molecule has 0 saturated carbocycles. The van der Waals surface area contributed by atoms with Crippen LogP contribution in [-0.4, -0.2) is 22.8 Å². The number of amides is 1. The van der Waals surface area contributed by atoms with Crippen molar-refractivity contribution in [1.82, 2.24) is 15.5 Å². The maximum absolute atomic E-state index is 12.2. The van der Waals surface area contributed by atoms with Crippen molar-refractivity contribution < 1.29 is 18.8 Å². The summed E-state index contributed by atoms with van der Waals surface area (Å²) in [6.07, 6.45) is 3.31. The van der Waals surface area contributed by atoms with Crippen LogP contribution in [0.4, 0.5) is 0 Å². The van der Waals surface area contributed by atoms with Gasteiger partial charge in [-0.05, 0) is 29.8 Å². The number of ether oxygens (including phenoxy) is 2. The summed E-state index contributed by atoms with van der Waals surface area (Å²) < 4.78 is 15.8. The Labute approximate surface area is 137 Å². The van der Waals surface area contributed by atoms with E-state index in [1.165, 1.54) is 0 Å². The smallest absolute Gasteiger partial charge is 0.273 e. The zero-order chi connectivity index (χ0) is 16.4. The third-order valence-electron chi connectivity index (χ3n) is 3.58. The van der Waals surface area contributed by atoms with Crippen LogP contribution >= 0.6 is 0 Å². The van der Waals surface area contributed by atoms with Crippen molar-refractivity contribution in [3.63, 3.8) is 0 Å². The van der Waals surface area contributed by atoms with Crippen LogP contribution in [0.2, 0.25) is 0 Å². The number of rotatable bonds is 4. The van der Waals surface area contributed by atoms with Gasteiger partial charge in [-0.2, -0.15) is 0 Å². The molecule has 1 aliphatic heterocycles. The monoisotopic (exact) mass is 323 g/mol. The van der Waals surface area contributed by atoms with E-state index in [1.807, 2.05) is 24.3 Å². The van der Waals surface area contributed by atoms with Gasteiger partial charge in [-0.3, -0.25) is 9.78 Å². The lowest BCUT2D eigenvalue weighted by Crippen LogP contribution is -2.22. The molecule has 24 heavy (non-hydrogen) atoms. The Bertz CT molecular complexity index is 877. The minimum absolute atomic E-state index is 0.217. The van der Waals surface area contributed by atoms with Crippen LogP contribution in [0.15, 0.2) is 53.3 Å². The van der Waals surface area contributed by atoms with Crippen LogP contribution in [-0.2, 0) is 6.54 Å². The first-order valence-corrected chi connectivity index (χ1v) is 7.33. The predicted octanol–water partition coefficient (Wildman–Crippen LogP) is 2.40. The highest BCUT2D eigenvalue weighted by molar-refractivity contribution is 5.93. The van der Waals surface area contributed by atoms with Gasteiger partial charge in [-0.25, -0.2) is 0 Å². The Hall–Kier alpha value is -3.35. The van der Waals surface area contributed by atoms with Crippen LogP contribution in [0, 0.1) is 0 Å². The van der Waals surface area contributed by atoms with Crippen LogP contribution in [0.25, 0.3) is 11.3 Å². The van der Waals surface area contributed by atoms with Gasteiger partial charge in [-0.1, -0.05) is 11.2 Å². The Morgan fingerprint density at radius 1 is 1.17 bits per heavy atom. The lowest BCUT2D eigenvalue weighted by atomic mass is 10.2. The summed E-state index contributed by atoms with van der Waals surface area (Å²) in [7, 11) is 0. The van der Waals surface area contributed by atoms with Crippen LogP contribution in [0.5, 0.6) is 11.5 Å². The zero-order valence-electron chi connectivity index (χ0n) is 12.6. The highest BCUT2D eigenvalue weighted by atomic mass is 16.7. The molecule has 3 heterocycles. The summed E-state index contributed by atoms with van der Waals surface area (Å²) in [5.74, 6) is 1.58. The fraction of sp³-hybridized carbons (Fsp3) is 0.118. The number of nitrogens with zero attached hydrogens (tertiary/aromatic N) is 2. The Kier molecular flexibility index (Phi) is 3.59. The van der Waals surface area contributed by atoms with Gasteiger partial charge in [-0.15, -0.1) is 0 Å². The van der Waals surface area contributed by atoms with E-state index in [-0.39, 0.29) is 18.4 Å². The van der Waals surface area contributed by atoms with Gasteiger partial charge in [0, 0.05) is 30.6 Å². The van der Waals surface area contributed by atoms with Gasteiger partial charge in [0.25, 0.3) is 5.91 Å². The summed E-state index contributed by atoms with van der Waals surface area (Å²) in [6.45, 7) is 0.575. The van der Waals surface area contributed by atoms with Crippen LogP contribution in [0.3, 0.4) is 0 Å². The first kappa shape index (κ1) is 14.3. The summed E-state index contributed by atoms with van der Waals surface area (Å²) >= 11 is 0. The number of benzene rings is 1. The average molecular weight is 323 g/mol. The molecular formula is C17H13N3O4. The quantitative estimate of drug-likeness (QED) is 0.793.